The predicted molar refractivity (Wildman–Crippen MR) is 93.7 cm³/mol. The minimum Gasteiger partial charge on any atom is -0.325 e. The molecule has 2 N–H and O–H groups in total. The van der Waals surface area contributed by atoms with Crippen molar-refractivity contribution in [2.45, 2.75) is 38.5 Å². The second kappa shape index (κ2) is 9.19. The molecule has 0 aliphatic heterocycles. The maximum Gasteiger partial charge on any atom is 0.225 e. The Labute approximate surface area is 142 Å². The van der Waals surface area contributed by atoms with Gasteiger partial charge < -0.3 is 10.6 Å². The lowest BCUT2D eigenvalue weighted by molar-refractivity contribution is -0.116. The number of amides is 1. The van der Waals surface area contributed by atoms with Crippen LogP contribution in [0.1, 0.15) is 38.5 Å². The van der Waals surface area contributed by atoms with Crippen molar-refractivity contribution >= 4 is 34.8 Å². The van der Waals surface area contributed by atoms with Crippen LogP contribution in [-0.4, -0.2) is 19.0 Å². The lowest BCUT2D eigenvalue weighted by Gasteiger charge is -2.13. The fraction of sp³-hybridized carbons (Fsp3) is 0.471. The first-order valence-electron chi connectivity index (χ1n) is 7.78. The number of benzene rings is 1. The van der Waals surface area contributed by atoms with Gasteiger partial charge in [-0.3, -0.25) is 4.79 Å². The molecule has 5 heteroatoms. The zero-order valence-electron chi connectivity index (χ0n) is 12.6. The zero-order valence-corrected chi connectivity index (χ0v) is 14.1. The van der Waals surface area contributed by atoms with Gasteiger partial charge in [-0.25, -0.2) is 0 Å². The molecule has 120 valence electrons. The molecule has 0 atom stereocenters. The van der Waals surface area contributed by atoms with Crippen molar-refractivity contribution in [3.63, 3.8) is 0 Å². The van der Waals surface area contributed by atoms with Gasteiger partial charge in [0.2, 0.25) is 5.91 Å². The third-order valence-electron chi connectivity index (χ3n) is 3.74. The smallest absolute Gasteiger partial charge is 0.225 e. The van der Waals surface area contributed by atoms with Gasteiger partial charge in [-0.1, -0.05) is 34.9 Å². The summed E-state index contributed by atoms with van der Waals surface area (Å²) < 4.78 is 0. The van der Waals surface area contributed by atoms with Crippen molar-refractivity contribution < 1.29 is 4.79 Å². The summed E-state index contributed by atoms with van der Waals surface area (Å²) in [5.74, 6) is -0.0476. The van der Waals surface area contributed by atoms with Crippen LogP contribution in [-0.2, 0) is 4.79 Å². The molecule has 1 amide bonds. The standard InChI is InChI=1S/C17H22Cl2N2O/c18-14-6-7-16(15(19)12-14)21-17(22)9-11-20-10-8-13-4-2-1-3-5-13/h4,6-7,12,20H,1-3,5,8-11H2,(H,21,22). The van der Waals surface area contributed by atoms with Crippen LogP contribution in [0.3, 0.4) is 0 Å². The highest BCUT2D eigenvalue weighted by Gasteiger charge is 2.07. The molecule has 0 saturated heterocycles. The predicted octanol–water partition coefficient (Wildman–Crippen LogP) is 4.80. The molecule has 2 rings (SSSR count). The number of hydrogen-bond donors (Lipinski definition) is 2. The topological polar surface area (TPSA) is 41.1 Å². The Hall–Kier alpha value is -1.03. The lowest BCUT2D eigenvalue weighted by Crippen LogP contribution is -2.23. The van der Waals surface area contributed by atoms with Crippen molar-refractivity contribution in [3.05, 3.63) is 39.9 Å². The maximum absolute atomic E-state index is 11.9. The molecule has 1 aliphatic rings. The number of rotatable bonds is 7. The van der Waals surface area contributed by atoms with Crippen LogP contribution in [0.2, 0.25) is 10.0 Å². The molecule has 0 aromatic heterocycles. The largest absolute Gasteiger partial charge is 0.325 e. The van der Waals surface area contributed by atoms with Gasteiger partial charge in [-0.05, 0) is 56.8 Å². The minimum atomic E-state index is -0.0476. The number of nitrogens with one attached hydrogen (secondary N) is 2. The summed E-state index contributed by atoms with van der Waals surface area (Å²) in [7, 11) is 0. The molecule has 0 saturated carbocycles. The van der Waals surface area contributed by atoms with E-state index in [-0.39, 0.29) is 5.91 Å². The number of allylic oxidation sites excluding steroid dienone is 1. The monoisotopic (exact) mass is 340 g/mol. The van der Waals surface area contributed by atoms with E-state index in [2.05, 4.69) is 16.7 Å². The van der Waals surface area contributed by atoms with Crippen LogP contribution in [0, 0.1) is 0 Å². The summed E-state index contributed by atoms with van der Waals surface area (Å²) in [4.78, 5) is 11.9. The van der Waals surface area contributed by atoms with Crippen molar-refractivity contribution in [2.24, 2.45) is 0 Å². The SMILES string of the molecule is O=C(CCNCCC1=CCCCC1)Nc1ccc(Cl)cc1Cl. The van der Waals surface area contributed by atoms with E-state index in [0.29, 0.717) is 28.7 Å². The van der Waals surface area contributed by atoms with Crippen LogP contribution in [0.25, 0.3) is 0 Å². The van der Waals surface area contributed by atoms with Crippen molar-refractivity contribution in [1.82, 2.24) is 5.32 Å². The van der Waals surface area contributed by atoms with E-state index in [4.69, 9.17) is 23.2 Å². The number of halogens is 2. The first-order chi connectivity index (χ1) is 10.6. The molecule has 1 aliphatic carbocycles. The van der Waals surface area contributed by atoms with Crippen molar-refractivity contribution in [3.8, 4) is 0 Å². The molecule has 0 unspecified atom stereocenters. The molecule has 22 heavy (non-hydrogen) atoms. The Balaban J connectivity index is 1.62. The summed E-state index contributed by atoms with van der Waals surface area (Å²) >= 11 is 11.8. The second-order valence-electron chi connectivity index (χ2n) is 5.53. The molecule has 1 aromatic rings. The Morgan fingerprint density at radius 3 is 2.77 bits per heavy atom. The molecule has 0 radical (unpaired) electrons. The summed E-state index contributed by atoms with van der Waals surface area (Å²) in [5.41, 5.74) is 2.15. The van der Waals surface area contributed by atoms with Gasteiger partial charge in [0.05, 0.1) is 10.7 Å². The molecule has 0 spiro atoms. The normalized spacial score (nSPS) is 14.5. The Bertz CT molecular complexity index is 543. The second-order valence-corrected chi connectivity index (χ2v) is 6.37. The van der Waals surface area contributed by atoms with Crippen LogP contribution < -0.4 is 10.6 Å². The van der Waals surface area contributed by atoms with Gasteiger partial charge in [0.15, 0.2) is 0 Å². The summed E-state index contributed by atoms with van der Waals surface area (Å²) in [6.45, 7) is 1.60. The molecule has 0 bridgehead atoms. The number of hydrogen-bond acceptors (Lipinski definition) is 2. The van der Waals surface area contributed by atoms with E-state index in [1.165, 1.54) is 25.7 Å². The highest BCUT2D eigenvalue weighted by atomic mass is 35.5. The molecule has 3 nitrogen and oxygen atoms in total. The average Bonchev–Trinajstić information content (AvgIpc) is 2.51. The van der Waals surface area contributed by atoms with Gasteiger partial charge >= 0.3 is 0 Å². The van der Waals surface area contributed by atoms with Crippen molar-refractivity contribution in [1.29, 1.82) is 0 Å². The lowest BCUT2D eigenvalue weighted by atomic mass is 9.97. The van der Waals surface area contributed by atoms with E-state index in [1.54, 1.807) is 23.8 Å². The third kappa shape index (κ3) is 5.99. The van der Waals surface area contributed by atoms with Gasteiger partial charge in [0.25, 0.3) is 0 Å². The number of anilines is 1. The maximum atomic E-state index is 11.9. The molecule has 1 aromatic carbocycles. The highest BCUT2D eigenvalue weighted by molar-refractivity contribution is 6.36. The molecule has 0 heterocycles. The Morgan fingerprint density at radius 2 is 2.05 bits per heavy atom. The zero-order chi connectivity index (χ0) is 15.8. The third-order valence-corrected chi connectivity index (χ3v) is 4.29. The molecule has 0 fully saturated rings. The van der Waals surface area contributed by atoms with Gasteiger partial charge in [-0.2, -0.15) is 0 Å². The molecular weight excluding hydrogens is 319 g/mol. The van der Waals surface area contributed by atoms with Crippen molar-refractivity contribution in [2.75, 3.05) is 18.4 Å². The van der Waals surface area contributed by atoms with Crippen LogP contribution >= 0.6 is 23.2 Å². The van der Waals surface area contributed by atoms with Gasteiger partial charge in [-0.15, -0.1) is 0 Å². The Morgan fingerprint density at radius 1 is 1.18 bits per heavy atom. The van der Waals surface area contributed by atoms with Crippen LogP contribution in [0.5, 0.6) is 0 Å². The minimum absolute atomic E-state index is 0.0476. The highest BCUT2D eigenvalue weighted by Crippen LogP contribution is 2.25. The van der Waals surface area contributed by atoms with Crippen LogP contribution in [0.15, 0.2) is 29.8 Å². The fourth-order valence-electron chi connectivity index (χ4n) is 2.51. The number of carbonyl (C=O) groups excluding carboxylic acids is 1. The average molecular weight is 341 g/mol. The van der Waals surface area contributed by atoms with E-state index >= 15 is 0 Å². The molecular formula is C17H22Cl2N2O. The fourth-order valence-corrected chi connectivity index (χ4v) is 2.97. The summed E-state index contributed by atoms with van der Waals surface area (Å²) in [5, 5.41) is 7.13. The van der Waals surface area contributed by atoms with Crippen LogP contribution in [0.4, 0.5) is 5.69 Å². The summed E-state index contributed by atoms with van der Waals surface area (Å²) in [6, 6.07) is 5.04. The van der Waals surface area contributed by atoms with Gasteiger partial charge in [0, 0.05) is 18.0 Å². The van der Waals surface area contributed by atoms with E-state index < -0.39 is 0 Å². The first kappa shape index (κ1) is 17.3. The Kier molecular flexibility index (Phi) is 7.23. The van der Waals surface area contributed by atoms with E-state index in [0.717, 1.165) is 13.0 Å². The first-order valence-corrected chi connectivity index (χ1v) is 8.54. The van der Waals surface area contributed by atoms with E-state index in [9.17, 15) is 4.79 Å². The quantitative estimate of drug-likeness (QED) is 0.552. The van der Waals surface area contributed by atoms with E-state index in [1.807, 2.05) is 0 Å². The summed E-state index contributed by atoms with van der Waals surface area (Å²) in [6.07, 6.45) is 8.97. The number of carbonyl (C=O) groups is 1. The van der Waals surface area contributed by atoms with Gasteiger partial charge in [0.1, 0.15) is 0 Å².